The van der Waals surface area contributed by atoms with Crippen LogP contribution in [-0.4, -0.2) is 42.1 Å². The molecule has 0 bridgehead atoms. The molecule has 1 unspecified atom stereocenters. The van der Waals surface area contributed by atoms with Gasteiger partial charge in [-0.1, -0.05) is 68.6 Å². The Bertz CT molecular complexity index is 725. The second-order valence-electron chi connectivity index (χ2n) is 7.60. The average Bonchev–Trinajstić information content (AvgIpc) is 2.59. The molecule has 1 atom stereocenters. The summed E-state index contributed by atoms with van der Waals surface area (Å²) in [6.45, 7) is 6.29. The molecule has 0 saturated carbocycles. The van der Waals surface area contributed by atoms with Gasteiger partial charge in [0.05, 0.1) is 4.90 Å². The van der Waals surface area contributed by atoms with E-state index in [1.807, 2.05) is 0 Å². The average molecular weight is 421 g/mol. The Balaban J connectivity index is 2.46. The second kappa shape index (κ2) is 8.05. The van der Waals surface area contributed by atoms with Crippen LogP contribution in [0.25, 0.3) is 0 Å². The van der Waals surface area contributed by atoms with Crippen LogP contribution in [0.1, 0.15) is 40.0 Å². The number of amides is 1. The molecule has 1 aromatic carbocycles. The van der Waals surface area contributed by atoms with Gasteiger partial charge in [0.1, 0.15) is 0 Å². The molecule has 0 aromatic heterocycles. The van der Waals surface area contributed by atoms with Crippen molar-refractivity contribution < 1.29 is 13.2 Å². The Labute approximate surface area is 166 Å². The highest BCUT2D eigenvalue weighted by molar-refractivity contribution is 7.92. The monoisotopic (exact) mass is 420 g/mol. The Kier molecular flexibility index (Phi) is 6.65. The summed E-state index contributed by atoms with van der Waals surface area (Å²) in [5.41, 5.74) is -0.782. The van der Waals surface area contributed by atoms with Crippen LogP contribution in [0.2, 0.25) is 0 Å². The van der Waals surface area contributed by atoms with Crippen LogP contribution in [-0.2, 0) is 14.6 Å². The zero-order valence-electron chi connectivity index (χ0n) is 15.3. The Morgan fingerprint density at radius 3 is 2.12 bits per heavy atom. The van der Waals surface area contributed by atoms with E-state index in [1.54, 1.807) is 43.9 Å². The van der Waals surface area contributed by atoms with E-state index in [0.29, 0.717) is 13.1 Å². The lowest BCUT2D eigenvalue weighted by Gasteiger charge is -2.41. The molecule has 1 aliphatic heterocycles. The molecule has 1 fully saturated rings. The topological polar surface area (TPSA) is 66.5 Å². The van der Waals surface area contributed by atoms with E-state index in [9.17, 15) is 13.2 Å². The van der Waals surface area contributed by atoms with E-state index in [4.69, 9.17) is 23.2 Å². The van der Waals surface area contributed by atoms with Crippen molar-refractivity contribution in [1.29, 1.82) is 0 Å². The number of hydrogen-bond donors (Lipinski definition) is 1. The van der Waals surface area contributed by atoms with Crippen LogP contribution in [0.15, 0.2) is 35.2 Å². The van der Waals surface area contributed by atoms with E-state index in [1.165, 1.54) is 12.1 Å². The second-order valence-corrected chi connectivity index (χ2v) is 11.0. The highest BCUT2D eigenvalue weighted by atomic mass is 35.5. The predicted octanol–water partition coefficient (Wildman–Crippen LogP) is 3.57. The largest absolute Gasteiger partial charge is 0.335 e. The van der Waals surface area contributed by atoms with Gasteiger partial charge >= 0.3 is 0 Å². The van der Waals surface area contributed by atoms with Gasteiger partial charge in [-0.15, -0.1) is 0 Å². The summed E-state index contributed by atoms with van der Waals surface area (Å²) in [6, 6.07) is 7.93. The number of benzene rings is 1. The summed E-state index contributed by atoms with van der Waals surface area (Å²) in [7, 11) is -4.00. The SMILES string of the molecule is CC(C)(C)C(=O)NC(C(Cl)(Cl)N1CCCCC1)S(=O)(=O)c1ccccc1. The predicted molar refractivity (Wildman–Crippen MR) is 105 cm³/mol. The molecule has 8 heteroatoms. The zero-order chi connectivity index (χ0) is 19.6. The highest BCUT2D eigenvalue weighted by Crippen LogP contribution is 2.37. The number of nitrogens with zero attached hydrogens (tertiary/aromatic N) is 1. The number of carbonyl (C=O) groups excluding carboxylic acids is 1. The maximum atomic E-state index is 13.3. The molecule has 0 aliphatic carbocycles. The van der Waals surface area contributed by atoms with Crippen LogP contribution in [0.3, 0.4) is 0 Å². The number of alkyl halides is 2. The van der Waals surface area contributed by atoms with E-state index < -0.39 is 31.0 Å². The molecule has 146 valence electrons. The van der Waals surface area contributed by atoms with Crippen LogP contribution < -0.4 is 5.32 Å². The highest BCUT2D eigenvalue weighted by Gasteiger charge is 2.50. The van der Waals surface area contributed by atoms with Crippen LogP contribution in [0.4, 0.5) is 0 Å². The minimum Gasteiger partial charge on any atom is -0.335 e. The number of piperidine rings is 1. The van der Waals surface area contributed by atoms with E-state index in [0.717, 1.165) is 19.3 Å². The summed E-state index contributed by atoms with van der Waals surface area (Å²) in [5, 5.41) is 1.12. The Morgan fingerprint density at radius 2 is 1.62 bits per heavy atom. The molecule has 1 heterocycles. The lowest BCUT2D eigenvalue weighted by atomic mass is 9.96. The van der Waals surface area contributed by atoms with Gasteiger partial charge < -0.3 is 5.32 Å². The van der Waals surface area contributed by atoms with Gasteiger partial charge in [0.15, 0.2) is 5.37 Å². The number of carbonyl (C=O) groups is 1. The number of hydrogen-bond acceptors (Lipinski definition) is 4. The first-order valence-corrected chi connectivity index (χ1v) is 11.0. The molecule has 5 nitrogen and oxygen atoms in total. The zero-order valence-corrected chi connectivity index (χ0v) is 17.7. The van der Waals surface area contributed by atoms with Crippen molar-refractivity contribution in [2.75, 3.05) is 13.1 Å². The van der Waals surface area contributed by atoms with Gasteiger partial charge in [-0.05, 0) is 25.0 Å². The third-order valence-corrected chi connectivity index (χ3v) is 7.60. The first-order chi connectivity index (χ1) is 12.0. The van der Waals surface area contributed by atoms with E-state index >= 15 is 0 Å². The van der Waals surface area contributed by atoms with Gasteiger partial charge in [0.2, 0.25) is 20.2 Å². The number of nitrogens with one attached hydrogen (secondary N) is 1. The maximum absolute atomic E-state index is 13.3. The molecular weight excluding hydrogens is 395 g/mol. The van der Waals surface area contributed by atoms with Crippen molar-refractivity contribution in [1.82, 2.24) is 10.2 Å². The summed E-state index contributed by atoms with van der Waals surface area (Å²) in [5.74, 6) is -0.426. The molecule has 2 rings (SSSR count). The van der Waals surface area contributed by atoms with Crippen molar-refractivity contribution in [3.8, 4) is 0 Å². The molecule has 1 aromatic rings. The molecule has 0 radical (unpaired) electrons. The van der Waals surface area contributed by atoms with Gasteiger partial charge in [0, 0.05) is 18.5 Å². The van der Waals surface area contributed by atoms with Crippen molar-refractivity contribution >= 4 is 38.9 Å². The molecule has 1 N–H and O–H groups in total. The molecule has 1 aliphatic rings. The minimum absolute atomic E-state index is 0.0712. The third kappa shape index (κ3) is 4.71. The summed E-state index contributed by atoms with van der Waals surface area (Å²) < 4.78 is 24.8. The van der Waals surface area contributed by atoms with Gasteiger partial charge in [-0.25, -0.2) is 8.42 Å². The molecule has 0 spiro atoms. The fourth-order valence-corrected chi connectivity index (χ4v) is 5.53. The van der Waals surface area contributed by atoms with Crippen molar-refractivity contribution in [3.63, 3.8) is 0 Å². The van der Waals surface area contributed by atoms with E-state index in [2.05, 4.69) is 5.32 Å². The molecule has 1 amide bonds. The standard InChI is InChI=1S/C18H26Cl2N2O3S/c1-17(2,3)15(23)21-16(18(19,20)22-12-8-5-9-13-22)26(24,25)14-10-6-4-7-11-14/h4,6-7,10-11,16H,5,8-9,12-13H2,1-3H3,(H,21,23). The number of rotatable bonds is 5. The van der Waals surface area contributed by atoms with Gasteiger partial charge in [0.25, 0.3) is 0 Å². The summed E-state index contributed by atoms with van der Waals surface area (Å²) in [4.78, 5) is 14.4. The van der Waals surface area contributed by atoms with Crippen LogP contribution in [0.5, 0.6) is 0 Å². The smallest absolute Gasteiger partial charge is 0.226 e. The van der Waals surface area contributed by atoms with Crippen molar-refractivity contribution in [2.24, 2.45) is 5.41 Å². The summed E-state index contributed by atoms with van der Waals surface area (Å²) >= 11 is 13.2. The van der Waals surface area contributed by atoms with Gasteiger partial charge in [-0.2, -0.15) is 0 Å². The number of halogens is 2. The first kappa shape index (κ1) is 21.5. The Morgan fingerprint density at radius 1 is 1.08 bits per heavy atom. The quantitative estimate of drug-likeness (QED) is 0.583. The van der Waals surface area contributed by atoms with Gasteiger partial charge in [-0.3, -0.25) is 9.69 Å². The molecule has 1 saturated heterocycles. The fourth-order valence-electron chi connectivity index (χ4n) is 2.79. The maximum Gasteiger partial charge on any atom is 0.226 e. The van der Waals surface area contributed by atoms with Crippen LogP contribution in [0, 0.1) is 5.41 Å². The normalized spacial score (nSPS) is 18.3. The number of likely N-dealkylation sites (tertiary alicyclic amines) is 1. The fraction of sp³-hybridized carbons (Fsp3) is 0.611. The summed E-state index contributed by atoms with van der Waals surface area (Å²) in [6.07, 6.45) is 2.81. The molecule has 26 heavy (non-hydrogen) atoms. The van der Waals surface area contributed by atoms with Crippen LogP contribution >= 0.6 is 23.2 Å². The molecular formula is C18H26Cl2N2O3S. The van der Waals surface area contributed by atoms with E-state index in [-0.39, 0.29) is 4.90 Å². The third-order valence-electron chi connectivity index (χ3n) is 4.42. The number of sulfone groups is 1. The van der Waals surface area contributed by atoms with Crippen molar-refractivity contribution in [3.05, 3.63) is 30.3 Å². The van der Waals surface area contributed by atoms with Crippen molar-refractivity contribution in [2.45, 2.75) is 54.8 Å². The Hall–Kier alpha value is -0.820. The lowest BCUT2D eigenvalue weighted by Crippen LogP contribution is -2.61. The minimum atomic E-state index is -4.00. The lowest BCUT2D eigenvalue weighted by molar-refractivity contribution is -0.129. The first-order valence-electron chi connectivity index (χ1n) is 8.70.